The van der Waals surface area contributed by atoms with Crippen LogP contribution < -0.4 is 9.64 Å². The van der Waals surface area contributed by atoms with Crippen LogP contribution in [0.5, 0.6) is 5.75 Å². The molecule has 1 unspecified atom stereocenters. The van der Waals surface area contributed by atoms with Gasteiger partial charge in [0.05, 0.1) is 13.0 Å². The third-order valence-electron chi connectivity index (χ3n) is 3.79. The Morgan fingerprint density at radius 1 is 1.45 bits per heavy atom. The molecule has 20 heavy (non-hydrogen) atoms. The van der Waals surface area contributed by atoms with Gasteiger partial charge in [-0.25, -0.2) is 4.98 Å². The van der Waals surface area contributed by atoms with Gasteiger partial charge in [0.1, 0.15) is 11.6 Å². The molecule has 1 N–H and O–H groups in total. The molecule has 2 heterocycles. The number of carbonyl (C=O) groups is 1. The van der Waals surface area contributed by atoms with Crippen molar-refractivity contribution in [1.82, 2.24) is 4.98 Å². The average Bonchev–Trinajstić information content (AvgIpc) is 2.96. The number of carboxylic acids is 1. The van der Waals surface area contributed by atoms with Gasteiger partial charge in [0, 0.05) is 24.7 Å². The molecular formula is C15H16N2O3. The summed E-state index contributed by atoms with van der Waals surface area (Å²) in [6, 6.07) is 7.80. The number of pyridine rings is 1. The Bertz CT molecular complexity index is 657. The van der Waals surface area contributed by atoms with Crippen LogP contribution in [0.3, 0.4) is 0 Å². The van der Waals surface area contributed by atoms with Gasteiger partial charge >= 0.3 is 5.97 Å². The van der Waals surface area contributed by atoms with Gasteiger partial charge in [-0.1, -0.05) is 6.07 Å². The molecule has 1 atom stereocenters. The van der Waals surface area contributed by atoms with Gasteiger partial charge in [0.2, 0.25) is 0 Å². The van der Waals surface area contributed by atoms with Crippen LogP contribution in [0.25, 0.3) is 10.8 Å². The molecule has 0 aliphatic carbocycles. The molecule has 2 aromatic rings. The highest BCUT2D eigenvalue weighted by Crippen LogP contribution is 2.31. The Kier molecular flexibility index (Phi) is 3.18. The molecule has 5 heteroatoms. The van der Waals surface area contributed by atoms with E-state index in [1.165, 1.54) is 0 Å². The highest BCUT2D eigenvalue weighted by atomic mass is 16.5. The third kappa shape index (κ3) is 2.15. The van der Waals surface area contributed by atoms with Crippen LogP contribution in [-0.4, -0.2) is 36.3 Å². The molecule has 1 aliphatic rings. The summed E-state index contributed by atoms with van der Waals surface area (Å²) < 4.78 is 5.26. The third-order valence-corrected chi connectivity index (χ3v) is 3.79. The zero-order valence-corrected chi connectivity index (χ0v) is 11.2. The van der Waals surface area contributed by atoms with Crippen molar-refractivity contribution >= 4 is 22.6 Å². The quantitative estimate of drug-likeness (QED) is 0.927. The number of benzene rings is 1. The highest BCUT2D eigenvalue weighted by molar-refractivity contribution is 5.93. The molecule has 1 aliphatic heterocycles. The minimum absolute atomic E-state index is 0.308. The van der Waals surface area contributed by atoms with Crippen LogP contribution in [0.2, 0.25) is 0 Å². The van der Waals surface area contributed by atoms with Crippen LogP contribution in [0, 0.1) is 5.92 Å². The minimum atomic E-state index is -0.731. The lowest BCUT2D eigenvalue weighted by Gasteiger charge is -2.19. The van der Waals surface area contributed by atoms with Crippen molar-refractivity contribution in [2.45, 2.75) is 6.42 Å². The molecule has 0 radical (unpaired) electrons. The van der Waals surface area contributed by atoms with Gasteiger partial charge in [-0.3, -0.25) is 4.79 Å². The van der Waals surface area contributed by atoms with Crippen molar-refractivity contribution in [3.05, 3.63) is 30.5 Å². The van der Waals surface area contributed by atoms with E-state index in [2.05, 4.69) is 4.98 Å². The summed E-state index contributed by atoms with van der Waals surface area (Å²) in [5.74, 6) is 0.578. The fraction of sp³-hybridized carbons (Fsp3) is 0.333. The molecule has 3 rings (SSSR count). The van der Waals surface area contributed by atoms with Crippen molar-refractivity contribution in [1.29, 1.82) is 0 Å². The number of aliphatic carboxylic acids is 1. The van der Waals surface area contributed by atoms with E-state index in [0.29, 0.717) is 13.0 Å². The van der Waals surface area contributed by atoms with E-state index in [4.69, 9.17) is 9.84 Å². The first kappa shape index (κ1) is 12.7. The van der Waals surface area contributed by atoms with Gasteiger partial charge in [0.25, 0.3) is 0 Å². The van der Waals surface area contributed by atoms with Crippen molar-refractivity contribution in [2.75, 3.05) is 25.1 Å². The Balaban J connectivity index is 2.01. The van der Waals surface area contributed by atoms with Crippen molar-refractivity contribution < 1.29 is 14.6 Å². The van der Waals surface area contributed by atoms with Crippen LogP contribution in [0.4, 0.5) is 5.82 Å². The summed E-state index contributed by atoms with van der Waals surface area (Å²) in [6.45, 7) is 1.24. The number of nitrogens with zero attached hydrogens (tertiary/aromatic N) is 2. The number of rotatable bonds is 3. The second-order valence-electron chi connectivity index (χ2n) is 4.99. The van der Waals surface area contributed by atoms with Crippen LogP contribution in [0.15, 0.2) is 30.5 Å². The van der Waals surface area contributed by atoms with Crippen LogP contribution >= 0.6 is 0 Å². The summed E-state index contributed by atoms with van der Waals surface area (Å²) in [7, 11) is 1.63. The van der Waals surface area contributed by atoms with Crippen molar-refractivity contribution in [3.63, 3.8) is 0 Å². The molecular weight excluding hydrogens is 256 g/mol. The van der Waals surface area contributed by atoms with E-state index >= 15 is 0 Å². The summed E-state index contributed by atoms with van der Waals surface area (Å²) in [6.07, 6.45) is 2.43. The van der Waals surface area contributed by atoms with E-state index in [-0.39, 0.29) is 5.92 Å². The fourth-order valence-corrected chi connectivity index (χ4v) is 2.67. The second kappa shape index (κ2) is 5.00. The number of hydrogen-bond donors (Lipinski definition) is 1. The Labute approximate surface area is 116 Å². The monoisotopic (exact) mass is 272 g/mol. The first-order chi connectivity index (χ1) is 9.69. The van der Waals surface area contributed by atoms with Gasteiger partial charge in [0.15, 0.2) is 0 Å². The van der Waals surface area contributed by atoms with Crippen LogP contribution in [-0.2, 0) is 4.79 Å². The number of hydrogen-bond acceptors (Lipinski definition) is 4. The van der Waals surface area contributed by atoms with E-state index in [9.17, 15) is 4.79 Å². The van der Waals surface area contributed by atoms with Crippen molar-refractivity contribution in [3.8, 4) is 5.75 Å². The number of ether oxygens (including phenoxy) is 1. The van der Waals surface area contributed by atoms with E-state index in [1.54, 1.807) is 13.3 Å². The lowest BCUT2D eigenvalue weighted by atomic mass is 10.1. The average molecular weight is 272 g/mol. The molecule has 0 bridgehead atoms. The number of methoxy groups -OCH3 is 1. The van der Waals surface area contributed by atoms with E-state index in [0.717, 1.165) is 28.9 Å². The lowest BCUT2D eigenvalue weighted by Crippen LogP contribution is -2.23. The number of fused-ring (bicyclic) bond motifs is 1. The minimum Gasteiger partial charge on any atom is -0.497 e. The smallest absolute Gasteiger partial charge is 0.308 e. The summed E-state index contributed by atoms with van der Waals surface area (Å²) >= 11 is 0. The van der Waals surface area contributed by atoms with Crippen molar-refractivity contribution in [2.24, 2.45) is 5.92 Å². The maximum absolute atomic E-state index is 11.1. The highest BCUT2D eigenvalue weighted by Gasteiger charge is 2.29. The molecule has 0 spiro atoms. The molecule has 104 valence electrons. The van der Waals surface area contributed by atoms with Gasteiger partial charge in [-0.05, 0) is 30.0 Å². The molecule has 1 aromatic heterocycles. The second-order valence-corrected chi connectivity index (χ2v) is 4.99. The summed E-state index contributed by atoms with van der Waals surface area (Å²) in [5, 5.41) is 11.2. The maximum atomic E-state index is 11.1. The van der Waals surface area contributed by atoms with E-state index < -0.39 is 5.97 Å². The standard InChI is InChI=1S/C15H16N2O3/c1-20-12-3-2-10-4-6-16-14(13(10)8-12)17-7-5-11(9-17)15(18)19/h2-4,6,8,11H,5,7,9H2,1H3,(H,18,19). The predicted molar refractivity (Wildman–Crippen MR) is 76.3 cm³/mol. The summed E-state index contributed by atoms with van der Waals surface area (Å²) in [4.78, 5) is 17.6. The molecule has 1 saturated heterocycles. The normalized spacial score (nSPS) is 18.4. The van der Waals surface area contributed by atoms with E-state index in [1.807, 2.05) is 29.2 Å². The first-order valence-corrected chi connectivity index (χ1v) is 6.59. The van der Waals surface area contributed by atoms with Gasteiger partial charge < -0.3 is 14.7 Å². The molecule has 0 amide bonds. The zero-order chi connectivity index (χ0) is 14.1. The van der Waals surface area contributed by atoms with Crippen LogP contribution in [0.1, 0.15) is 6.42 Å². The molecule has 0 saturated carbocycles. The number of carboxylic acid groups (broad SMARTS) is 1. The Morgan fingerprint density at radius 3 is 3.00 bits per heavy atom. The fourth-order valence-electron chi connectivity index (χ4n) is 2.67. The summed E-state index contributed by atoms with van der Waals surface area (Å²) in [5.41, 5.74) is 0. The zero-order valence-electron chi connectivity index (χ0n) is 11.2. The number of aromatic nitrogens is 1. The van der Waals surface area contributed by atoms with Gasteiger partial charge in [-0.15, -0.1) is 0 Å². The molecule has 5 nitrogen and oxygen atoms in total. The molecule has 1 fully saturated rings. The first-order valence-electron chi connectivity index (χ1n) is 6.59. The largest absolute Gasteiger partial charge is 0.497 e. The Hall–Kier alpha value is -2.30. The predicted octanol–water partition coefficient (Wildman–Crippen LogP) is 2.15. The SMILES string of the molecule is COc1ccc2ccnc(N3CCC(C(=O)O)C3)c2c1. The van der Waals surface area contributed by atoms with Gasteiger partial charge in [-0.2, -0.15) is 0 Å². The molecule has 1 aromatic carbocycles. The Morgan fingerprint density at radius 2 is 2.30 bits per heavy atom. The lowest BCUT2D eigenvalue weighted by molar-refractivity contribution is -0.140. The maximum Gasteiger partial charge on any atom is 0.308 e. The topological polar surface area (TPSA) is 62.7 Å². The number of anilines is 1.